The van der Waals surface area contributed by atoms with Crippen molar-refractivity contribution in [3.8, 4) is 0 Å². The van der Waals surface area contributed by atoms with Crippen molar-refractivity contribution in [2.24, 2.45) is 0 Å². The first-order chi connectivity index (χ1) is 6.20. The highest BCUT2D eigenvalue weighted by atomic mass is 15.4. The lowest BCUT2D eigenvalue weighted by Gasteiger charge is -2.02. The summed E-state index contributed by atoms with van der Waals surface area (Å²) in [7, 11) is 0. The SMILES string of the molecule is Cc1nn2ncccc2c1C(C)C. The maximum atomic E-state index is 4.34. The third-order valence-corrected chi connectivity index (χ3v) is 2.22. The Labute approximate surface area is 77.4 Å². The molecule has 13 heavy (non-hydrogen) atoms. The average molecular weight is 175 g/mol. The van der Waals surface area contributed by atoms with E-state index in [2.05, 4.69) is 30.1 Å². The first-order valence-corrected chi connectivity index (χ1v) is 4.50. The van der Waals surface area contributed by atoms with Gasteiger partial charge in [-0.3, -0.25) is 0 Å². The molecule has 0 atom stereocenters. The summed E-state index contributed by atoms with van der Waals surface area (Å²) < 4.78 is 1.70. The predicted octanol–water partition coefficient (Wildman–Crippen LogP) is 2.16. The van der Waals surface area contributed by atoms with Crippen molar-refractivity contribution < 1.29 is 0 Å². The van der Waals surface area contributed by atoms with Gasteiger partial charge in [-0.2, -0.15) is 14.8 Å². The van der Waals surface area contributed by atoms with Crippen molar-refractivity contribution in [1.82, 2.24) is 14.8 Å². The lowest BCUT2D eigenvalue weighted by molar-refractivity contribution is 0.787. The Hall–Kier alpha value is -1.38. The molecule has 0 bridgehead atoms. The molecule has 0 N–H and O–H groups in total. The normalized spacial score (nSPS) is 11.4. The Morgan fingerprint density at radius 2 is 2.15 bits per heavy atom. The van der Waals surface area contributed by atoms with Crippen molar-refractivity contribution in [3.63, 3.8) is 0 Å². The monoisotopic (exact) mass is 175 g/mol. The highest BCUT2D eigenvalue weighted by Crippen LogP contribution is 2.22. The summed E-state index contributed by atoms with van der Waals surface area (Å²) in [5, 5.41) is 8.49. The van der Waals surface area contributed by atoms with Crippen molar-refractivity contribution in [1.29, 1.82) is 0 Å². The number of nitrogens with zero attached hydrogens (tertiary/aromatic N) is 3. The van der Waals surface area contributed by atoms with Gasteiger partial charge in [0.05, 0.1) is 11.2 Å². The van der Waals surface area contributed by atoms with Crippen LogP contribution in [0.1, 0.15) is 31.0 Å². The molecule has 0 unspecified atom stereocenters. The van der Waals surface area contributed by atoms with Gasteiger partial charge in [-0.1, -0.05) is 13.8 Å². The molecule has 3 nitrogen and oxygen atoms in total. The molecule has 0 aliphatic rings. The van der Waals surface area contributed by atoms with Gasteiger partial charge in [0.25, 0.3) is 0 Å². The number of hydrogen-bond donors (Lipinski definition) is 0. The second-order valence-corrected chi connectivity index (χ2v) is 3.55. The lowest BCUT2D eigenvalue weighted by Crippen LogP contribution is -1.91. The summed E-state index contributed by atoms with van der Waals surface area (Å²) in [6, 6.07) is 4.00. The Morgan fingerprint density at radius 1 is 1.38 bits per heavy atom. The van der Waals surface area contributed by atoms with Crippen LogP contribution in [0, 0.1) is 6.92 Å². The minimum atomic E-state index is 0.502. The van der Waals surface area contributed by atoms with Gasteiger partial charge in [0.15, 0.2) is 0 Å². The molecule has 0 aliphatic carbocycles. The summed E-state index contributed by atoms with van der Waals surface area (Å²) in [5.41, 5.74) is 3.50. The summed E-state index contributed by atoms with van der Waals surface area (Å²) >= 11 is 0. The third kappa shape index (κ3) is 1.20. The van der Waals surface area contributed by atoms with Crippen molar-refractivity contribution in [2.75, 3.05) is 0 Å². The summed E-state index contributed by atoms with van der Waals surface area (Å²) in [6.45, 7) is 6.39. The van der Waals surface area contributed by atoms with Crippen molar-refractivity contribution in [3.05, 3.63) is 29.6 Å². The highest BCUT2D eigenvalue weighted by molar-refractivity contribution is 5.56. The minimum Gasteiger partial charge on any atom is -0.159 e. The van der Waals surface area contributed by atoms with Crippen LogP contribution in [-0.4, -0.2) is 14.8 Å². The molecule has 0 fully saturated rings. The first-order valence-electron chi connectivity index (χ1n) is 4.50. The van der Waals surface area contributed by atoms with E-state index >= 15 is 0 Å². The largest absolute Gasteiger partial charge is 0.159 e. The zero-order valence-corrected chi connectivity index (χ0v) is 8.15. The first kappa shape index (κ1) is 8.23. The minimum absolute atomic E-state index is 0.502. The molecule has 2 heterocycles. The molecule has 2 aromatic heterocycles. The molecular formula is C10H13N3. The molecule has 0 radical (unpaired) electrons. The van der Waals surface area contributed by atoms with E-state index in [9.17, 15) is 0 Å². The van der Waals surface area contributed by atoms with Crippen LogP contribution >= 0.6 is 0 Å². The Kier molecular flexibility index (Phi) is 1.79. The fourth-order valence-electron chi connectivity index (χ4n) is 1.74. The van der Waals surface area contributed by atoms with E-state index in [1.807, 2.05) is 13.0 Å². The molecule has 0 aliphatic heterocycles. The molecule has 3 heteroatoms. The fraction of sp³-hybridized carbons (Fsp3) is 0.400. The van der Waals surface area contributed by atoms with E-state index in [1.165, 1.54) is 5.56 Å². The van der Waals surface area contributed by atoms with Crippen molar-refractivity contribution in [2.45, 2.75) is 26.7 Å². The van der Waals surface area contributed by atoms with Gasteiger partial charge in [0.2, 0.25) is 0 Å². The van der Waals surface area contributed by atoms with Crippen molar-refractivity contribution >= 4 is 5.52 Å². The predicted molar refractivity (Wildman–Crippen MR) is 51.8 cm³/mol. The molecule has 0 amide bonds. The molecular weight excluding hydrogens is 162 g/mol. The van der Waals surface area contributed by atoms with Crippen LogP contribution in [-0.2, 0) is 0 Å². The van der Waals surface area contributed by atoms with E-state index < -0.39 is 0 Å². The van der Waals surface area contributed by atoms with Gasteiger partial charge in [-0.05, 0) is 25.0 Å². The Bertz CT molecular complexity index is 429. The van der Waals surface area contributed by atoms with Crippen LogP contribution in [0.25, 0.3) is 5.52 Å². The number of fused-ring (bicyclic) bond motifs is 1. The van der Waals surface area contributed by atoms with Crippen LogP contribution in [0.5, 0.6) is 0 Å². The zero-order chi connectivity index (χ0) is 9.42. The van der Waals surface area contributed by atoms with Gasteiger partial charge in [-0.25, -0.2) is 0 Å². The number of hydrogen-bond acceptors (Lipinski definition) is 2. The van der Waals surface area contributed by atoms with Gasteiger partial charge in [-0.15, -0.1) is 0 Å². The summed E-state index contributed by atoms with van der Waals surface area (Å²) in [4.78, 5) is 0. The fourth-order valence-corrected chi connectivity index (χ4v) is 1.74. The summed E-state index contributed by atoms with van der Waals surface area (Å²) in [5.74, 6) is 0.502. The molecule has 2 aromatic rings. The number of rotatable bonds is 1. The van der Waals surface area contributed by atoms with Gasteiger partial charge in [0.1, 0.15) is 0 Å². The topological polar surface area (TPSA) is 30.2 Å². The van der Waals surface area contributed by atoms with E-state index in [-0.39, 0.29) is 0 Å². The second kappa shape index (κ2) is 2.83. The Balaban J connectivity index is 2.78. The summed E-state index contributed by atoms with van der Waals surface area (Å²) in [6.07, 6.45) is 1.75. The van der Waals surface area contributed by atoms with Gasteiger partial charge in [0, 0.05) is 11.8 Å². The highest BCUT2D eigenvalue weighted by Gasteiger charge is 2.11. The van der Waals surface area contributed by atoms with E-state index in [4.69, 9.17) is 0 Å². The maximum absolute atomic E-state index is 4.34. The second-order valence-electron chi connectivity index (χ2n) is 3.55. The lowest BCUT2D eigenvalue weighted by atomic mass is 10.0. The van der Waals surface area contributed by atoms with E-state index in [0.717, 1.165) is 11.2 Å². The molecule has 2 rings (SSSR count). The molecule has 0 saturated heterocycles. The molecule has 0 spiro atoms. The third-order valence-electron chi connectivity index (χ3n) is 2.22. The maximum Gasteiger partial charge on any atom is 0.0910 e. The van der Waals surface area contributed by atoms with Crippen LogP contribution in [0.3, 0.4) is 0 Å². The quantitative estimate of drug-likeness (QED) is 0.664. The van der Waals surface area contributed by atoms with Crippen LogP contribution in [0.2, 0.25) is 0 Å². The molecule has 0 aromatic carbocycles. The van der Waals surface area contributed by atoms with E-state index in [1.54, 1.807) is 10.8 Å². The molecule has 0 saturated carbocycles. The number of aromatic nitrogens is 3. The van der Waals surface area contributed by atoms with Gasteiger partial charge >= 0.3 is 0 Å². The van der Waals surface area contributed by atoms with Gasteiger partial charge < -0.3 is 0 Å². The zero-order valence-electron chi connectivity index (χ0n) is 8.15. The average Bonchev–Trinajstić information content (AvgIpc) is 2.39. The van der Waals surface area contributed by atoms with Crippen LogP contribution in [0.4, 0.5) is 0 Å². The number of aryl methyl sites for hydroxylation is 1. The molecule has 68 valence electrons. The standard InChI is InChI=1S/C10H13N3/c1-7(2)10-8(3)12-13-9(10)5-4-6-11-13/h4-7H,1-3H3. The Morgan fingerprint density at radius 3 is 2.85 bits per heavy atom. The van der Waals surface area contributed by atoms with E-state index in [0.29, 0.717) is 5.92 Å². The van der Waals surface area contributed by atoms with Crippen LogP contribution < -0.4 is 0 Å². The van der Waals surface area contributed by atoms with Crippen LogP contribution in [0.15, 0.2) is 18.3 Å². The smallest absolute Gasteiger partial charge is 0.0910 e.